The number of benzene rings is 1. The first-order valence-corrected chi connectivity index (χ1v) is 6.64. The number of rotatable bonds is 5. The van der Waals surface area contributed by atoms with E-state index in [2.05, 4.69) is 12.2 Å². The second-order valence-electron chi connectivity index (χ2n) is 5.13. The van der Waals surface area contributed by atoms with E-state index >= 15 is 0 Å². The third kappa shape index (κ3) is 2.55. The van der Waals surface area contributed by atoms with Crippen molar-refractivity contribution in [1.82, 2.24) is 5.32 Å². The topological polar surface area (TPSA) is 39.7 Å². The first-order chi connectivity index (χ1) is 9.16. The van der Waals surface area contributed by atoms with Crippen molar-refractivity contribution in [2.24, 2.45) is 0 Å². The molecule has 1 aromatic carbocycles. The summed E-state index contributed by atoms with van der Waals surface area (Å²) in [7, 11) is 5.10. The Balaban J connectivity index is 2.56. The summed E-state index contributed by atoms with van der Waals surface area (Å²) in [6.45, 7) is 3.77. The van der Waals surface area contributed by atoms with Crippen molar-refractivity contribution in [2.45, 2.75) is 31.9 Å². The van der Waals surface area contributed by atoms with Crippen molar-refractivity contribution < 1.29 is 14.2 Å². The molecule has 0 bridgehead atoms. The van der Waals surface area contributed by atoms with E-state index in [1.807, 2.05) is 12.1 Å². The zero-order valence-electron chi connectivity index (χ0n) is 12.2. The minimum Gasteiger partial charge on any atom is -0.496 e. The van der Waals surface area contributed by atoms with Crippen molar-refractivity contribution in [3.63, 3.8) is 0 Å². The lowest BCUT2D eigenvalue weighted by Gasteiger charge is -2.30. The quantitative estimate of drug-likeness (QED) is 0.887. The Morgan fingerprint density at radius 1 is 1.21 bits per heavy atom. The van der Waals surface area contributed by atoms with E-state index in [1.54, 1.807) is 21.3 Å². The van der Waals surface area contributed by atoms with Gasteiger partial charge in [-0.3, -0.25) is 0 Å². The maximum absolute atomic E-state index is 5.65. The zero-order chi connectivity index (χ0) is 13.9. The molecule has 0 aliphatic carbocycles. The number of nitrogens with one attached hydrogen (secondary N) is 1. The molecule has 0 radical (unpaired) electrons. The van der Waals surface area contributed by atoms with Crippen LogP contribution in [0.3, 0.4) is 0 Å². The summed E-state index contributed by atoms with van der Waals surface area (Å²) >= 11 is 0. The molecule has 1 aliphatic heterocycles. The highest BCUT2D eigenvalue weighted by atomic mass is 16.5. The van der Waals surface area contributed by atoms with Crippen molar-refractivity contribution in [1.29, 1.82) is 0 Å². The Bertz CT molecular complexity index is 439. The minimum absolute atomic E-state index is 0.0968. The van der Waals surface area contributed by atoms with Gasteiger partial charge in [-0.15, -0.1) is 0 Å². The molecule has 2 rings (SSSR count). The predicted molar refractivity (Wildman–Crippen MR) is 74.8 cm³/mol. The summed E-state index contributed by atoms with van der Waals surface area (Å²) in [6.07, 6.45) is 2.24. The summed E-state index contributed by atoms with van der Waals surface area (Å²) in [4.78, 5) is 0. The van der Waals surface area contributed by atoms with Crippen LogP contribution in [0.25, 0.3) is 0 Å². The van der Waals surface area contributed by atoms with Crippen LogP contribution in [0, 0.1) is 0 Å². The van der Waals surface area contributed by atoms with E-state index in [4.69, 9.17) is 14.2 Å². The van der Waals surface area contributed by atoms with Gasteiger partial charge in [0.2, 0.25) is 0 Å². The monoisotopic (exact) mass is 265 g/mol. The van der Waals surface area contributed by atoms with Gasteiger partial charge in [-0.2, -0.15) is 0 Å². The lowest BCUT2D eigenvalue weighted by Crippen LogP contribution is -2.34. The molecule has 0 spiro atoms. The number of hydrogen-bond donors (Lipinski definition) is 1. The van der Waals surface area contributed by atoms with Gasteiger partial charge in [-0.05, 0) is 38.4 Å². The summed E-state index contributed by atoms with van der Waals surface area (Å²) in [5, 5.41) is 3.57. The van der Waals surface area contributed by atoms with Crippen LogP contribution in [0.4, 0.5) is 0 Å². The van der Waals surface area contributed by atoms with Crippen LogP contribution < -0.4 is 14.8 Å². The molecule has 1 atom stereocenters. The van der Waals surface area contributed by atoms with Crippen LogP contribution in [-0.4, -0.2) is 27.9 Å². The summed E-state index contributed by atoms with van der Waals surface area (Å²) in [5.41, 5.74) is 2.06. The van der Waals surface area contributed by atoms with Crippen molar-refractivity contribution in [2.75, 3.05) is 27.9 Å². The second-order valence-corrected chi connectivity index (χ2v) is 5.13. The van der Waals surface area contributed by atoms with E-state index in [0.29, 0.717) is 6.61 Å². The molecule has 1 heterocycles. The maximum atomic E-state index is 5.65. The molecule has 1 aromatic rings. The number of hydrogen-bond acceptors (Lipinski definition) is 4. The van der Waals surface area contributed by atoms with Crippen LogP contribution in [0.2, 0.25) is 0 Å². The fraction of sp³-hybridized carbons (Fsp3) is 0.600. The van der Waals surface area contributed by atoms with Crippen molar-refractivity contribution >= 4 is 0 Å². The van der Waals surface area contributed by atoms with Crippen LogP contribution in [0.1, 0.15) is 30.9 Å². The molecule has 1 N–H and O–H groups in total. The number of methoxy groups -OCH3 is 3. The molecule has 1 saturated heterocycles. The normalized spacial score (nSPS) is 22.5. The third-order valence-corrected chi connectivity index (χ3v) is 3.85. The Hall–Kier alpha value is -1.26. The maximum Gasteiger partial charge on any atom is 0.133 e. The molecule has 4 heteroatoms. The standard InChI is InChI=1S/C15H23NO3/c1-15(8-5-9-16-15)13-12(18-3)7-6-11(10-17-2)14(13)19-4/h6-7,16H,5,8-10H2,1-4H3. The molecular formula is C15H23NO3. The molecule has 4 nitrogen and oxygen atoms in total. The SMILES string of the molecule is COCc1ccc(OC)c(C2(C)CCCN2)c1OC. The van der Waals surface area contributed by atoms with Gasteiger partial charge in [0.1, 0.15) is 11.5 Å². The van der Waals surface area contributed by atoms with E-state index in [-0.39, 0.29) is 5.54 Å². The van der Waals surface area contributed by atoms with Crippen LogP contribution in [0.15, 0.2) is 12.1 Å². The largest absolute Gasteiger partial charge is 0.496 e. The molecule has 0 aromatic heterocycles. The van der Waals surface area contributed by atoms with Gasteiger partial charge in [0, 0.05) is 18.2 Å². The highest BCUT2D eigenvalue weighted by molar-refractivity contribution is 5.54. The van der Waals surface area contributed by atoms with Crippen molar-refractivity contribution in [3.05, 3.63) is 23.3 Å². The summed E-state index contributed by atoms with van der Waals surface area (Å²) in [5.74, 6) is 1.74. The van der Waals surface area contributed by atoms with Gasteiger partial charge in [-0.25, -0.2) is 0 Å². The summed E-state index contributed by atoms with van der Waals surface area (Å²) < 4.78 is 16.4. The lowest BCUT2D eigenvalue weighted by atomic mass is 9.87. The van der Waals surface area contributed by atoms with Crippen LogP contribution in [0.5, 0.6) is 11.5 Å². The minimum atomic E-state index is -0.0968. The van der Waals surface area contributed by atoms with Crippen molar-refractivity contribution in [3.8, 4) is 11.5 Å². The van der Waals surface area contributed by atoms with E-state index in [1.165, 1.54) is 0 Å². The first-order valence-electron chi connectivity index (χ1n) is 6.64. The fourth-order valence-corrected chi connectivity index (χ4v) is 2.91. The van der Waals surface area contributed by atoms with Gasteiger partial charge in [0.05, 0.1) is 26.4 Å². The molecule has 1 fully saturated rings. The van der Waals surface area contributed by atoms with E-state index in [9.17, 15) is 0 Å². The smallest absolute Gasteiger partial charge is 0.133 e. The lowest BCUT2D eigenvalue weighted by molar-refractivity contribution is 0.180. The Morgan fingerprint density at radius 3 is 2.53 bits per heavy atom. The Kier molecular flexibility index (Phi) is 4.32. The highest BCUT2D eigenvalue weighted by Gasteiger charge is 2.36. The molecular weight excluding hydrogens is 242 g/mol. The molecule has 0 amide bonds. The van der Waals surface area contributed by atoms with Crippen LogP contribution >= 0.6 is 0 Å². The Morgan fingerprint density at radius 2 is 2.00 bits per heavy atom. The van der Waals surface area contributed by atoms with Gasteiger partial charge in [0.15, 0.2) is 0 Å². The highest BCUT2D eigenvalue weighted by Crippen LogP contribution is 2.44. The number of ether oxygens (including phenoxy) is 3. The van der Waals surface area contributed by atoms with Gasteiger partial charge < -0.3 is 19.5 Å². The van der Waals surface area contributed by atoms with Gasteiger partial charge >= 0.3 is 0 Å². The van der Waals surface area contributed by atoms with E-state index < -0.39 is 0 Å². The molecule has 1 unspecified atom stereocenters. The average molecular weight is 265 g/mol. The molecule has 0 saturated carbocycles. The van der Waals surface area contributed by atoms with Crippen LogP contribution in [-0.2, 0) is 16.9 Å². The molecule has 106 valence electrons. The molecule has 1 aliphatic rings. The Labute approximate surface area is 115 Å². The molecule has 19 heavy (non-hydrogen) atoms. The summed E-state index contributed by atoms with van der Waals surface area (Å²) in [6, 6.07) is 4.00. The van der Waals surface area contributed by atoms with Gasteiger partial charge in [0.25, 0.3) is 0 Å². The fourth-order valence-electron chi connectivity index (χ4n) is 2.91. The third-order valence-electron chi connectivity index (χ3n) is 3.85. The predicted octanol–water partition coefficient (Wildman–Crippen LogP) is 2.45. The van der Waals surface area contributed by atoms with E-state index in [0.717, 1.165) is 42.0 Å². The second kappa shape index (κ2) is 5.80. The first kappa shape index (κ1) is 14.2. The zero-order valence-corrected chi connectivity index (χ0v) is 12.2. The average Bonchev–Trinajstić information content (AvgIpc) is 2.86. The van der Waals surface area contributed by atoms with Gasteiger partial charge in [-0.1, -0.05) is 0 Å².